The number of rotatable bonds is 9. The van der Waals surface area contributed by atoms with Gasteiger partial charge in [-0.3, -0.25) is 0 Å². The van der Waals surface area contributed by atoms with Crippen molar-refractivity contribution in [3.05, 3.63) is 89.7 Å². The van der Waals surface area contributed by atoms with Crippen LogP contribution < -0.4 is 9.64 Å². The molecule has 1 aliphatic rings. The Morgan fingerprint density at radius 2 is 1.69 bits per heavy atom. The zero-order valence-corrected chi connectivity index (χ0v) is 25.6. The number of alkyl halides is 5. The summed E-state index contributed by atoms with van der Waals surface area (Å²) < 4.78 is 69.4. The third-order valence-electron chi connectivity index (χ3n) is 7.00. The number of halogens is 5. The number of anilines is 1. The lowest BCUT2D eigenvalue weighted by atomic mass is 10.0. The minimum Gasteiger partial charge on any atom is -0.426 e. The Balaban J connectivity index is 1.30. The Morgan fingerprint density at radius 1 is 0.978 bits per heavy atom. The first-order valence-corrected chi connectivity index (χ1v) is 15.4. The van der Waals surface area contributed by atoms with Crippen LogP contribution in [0, 0.1) is 0 Å². The van der Waals surface area contributed by atoms with E-state index in [1.165, 1.54) is 22.4 Å². The molecule has 0 radical (unpaired) electrons. The zero-order chi connectivity index (χ0) is 32.2. The van der Waals surface area contributed by atoms with Crippen LogP contribution in [0.2, 0.25) is 0 Å². The Labute approximate surface area is 261 Å². The van der Waals surface area contributed by atoms with Gasteiger partial charge in [-0.2, -0.15) is 27.1 Å². The van der Waals surface area contributed by atoms with Crippen LogP contribution in [0.15, 0.2) is 83.0 Å². The first-order chi connectivity index (χ1) is 21.5. The number of hydrogen-bond acceptors (Lipinski definition) is 6. The number of aromatic nitrogens is 3. The highest BCUT2D eigenvalue weighted by Gasteiger charge is 2.61. The van der Waals surface area contributed by atoms with Crippen LogP contribution in [0.3, 0.4) is 0 Å². The van der Waals surface area contributed by atoms with E-state index >= 15 is 0 Å². The van der Waals surface area contributed by atoms with E-state index in [1.807, 2.05) is 37.3 Å². The first kappa shape index (κ1) is 32.1. The molecule has 0 aliphatic carbocycles. The highest BCUT2D eigenvalue weighted by Crippen LogP contribution is 2.37. The van der Waals surface area contributed by atoms with Gasteiger partial charge in [0.1, 0.15) is 11.6 Å². The van der Waals surface area contributed by atoms with E-state index < -0.39 is 18.0 Å². The van der Waals surface area contributed by atoms with Gasteiger partial charge in [-0.1, -0.05) is 75.0 Å². The first-order valence-electron chi connectivity index (χ1n) is 14.4. The minimum absolute atomic E-state index is 0.383. The predicted molar refractivity (Wildman–Crippen MR) is 168 cm³/mol. The maximum absolute atomic E-state index is 13.3. The number of benzene rings is 3. The number of hydrogen-bond donors (Lipinski definition) is 0. The highest BCUT2D eigenvalue weighted by molar-refractivity contribution is 8.14. The van der Waals surface area contributed by atoms with Crippen LogP contribution in [0.4, 0.5) is 27.6 Å². The third-order valence-corrected chi connectivity index (χ3v) is 8.06. The van der Waals surface area contributed by atoms with Crippen molar-refractivity contribution in [3.8, 4) is 22.8 Å². The monoisotopic (exact) mass is 642 g/mol. The topological polar surface area (TPSA) is 67.9 Å². The van der Waals surface area contributed by atoms with E-state index in [0.717, 1.165) is 52.8 Å². The molecule has 5 rings (SSSR count). The SMILES string of the molecule is CCc1nc(-c2ccc(C=NN=C3SCCCN3c3ccccc3C(C)C)cc2)nn1-c1ccc(OC(F)(F)C(F)(F)F)cc1. The van der Waals surface area contributed by atoms with Crippen molar-refractivity contribution >= 4 is 28.8 Å². The van der Waals surface area contributed by atoms with Crippen LogP contribution in [0.25, 0.3) is 17.1 Å². The molecule has 1 aliphatic heterocycles. The quantitative estimate of drug-likeness (QED) is 0.104. The molecule has 4 aromatic rings. The Hall–Kier alpha value is -4.26. The molecule has 0 unspecified atom stereocenters. The maximum Gasteiger partial charge on any atom is 0.499 e. The summed E-state index contributed by atoms with van der Waals surface area (Å²) in [5.74, 6) is 1.74. The Kier molecular flexibility index (Phi) is 9.56. The zero-order valence-electron chi connectivity index (χ0n) is 24.8. The summed E-state index contributed by atoms with van der Waals surface area (Å²) in [6.07, 6.45) is -7.88. The second kappa shape index (κ2) is 13.4. The average Bonchev–Trinajstić information content (AvgIpc) is 3.46. The largest absolute Gasteiger partial charge is 0.499 e. The van der Waals surface area contributed by atoms with Gasteiger partial charge in [-0.15, -0.1) is 10.2 Å². The molecule has 0 N–H and O–H groups in total. The van der Waals surface area contributed by atoms with Gasteiger partial charge in [0, 0.05) is 30.0 Å². The molecular formula is C32H31F5N6OS. The van der Waals surface area contributed by atoms with Crippen molar-refractivity contribution < 1.29 is 26.7 Å². The van der Waals surface area contributed by atoms with E-state index in [2.05, 4.69) is 62.0 Å². The molecule has 1 saturated heterocycles. The standard InChI is InChI=1S/C32H31F5N6OS/c1-4-28-39-29(41-43(28)24-14-16-25(17-15-24)44-32(36,37)31(33,34)35)23-12-10-22(11-13-23)20-38-40-30-42(18-7-19-45-30)27-9-6-5-8-26(27)21(2)3/h5-6,8-17,20-21H,4,7,18-19H2,1-3H3. The van der Waals surface area contributed by atoms with Crippen molar-refractivity contribution in [3.63, 3.8) is 0 Å². The van der Waals surface area contributed by atoms with Crippen molar-refractivity contribution in [2.75, 3.05) is 17.2 Å². The summed E-state index contributed by atoms with van der Waals surface area (Å²) in [7, 11) is 0. The second-order valence-corrected chi connectivity index (χ2v) is 11.6. The number of nitrogens with zero attached hydrogens (tertiary/aromatic N) is 6. The summed E-state index contributed by atoms with van der Waals surface area (Å²) in [4.78, 5) is 6.82. The van der Waals surface area contributed by atoms with Crippen molar-refractivity contribution in [1.82, 2.24) is 14.8 Å². The van der Waals surface area contributed by atoms with Crippen LogP contribution in [-0.4, -0.2) is 50.7 Å². The van der Waals surface area contributed by atoms with Gasteiger partial charge in [0.2, 0.25) is 0 Å². The molecule has 0 amide bonds. The van der Waals surface area contributed by atoms with Crippen LogP contribution in [0.5, 0.6) is 5.75 Å². The normalized spacial score (nSPS) is 15.4. The van der Waals surface area contributed by atoms with E-state index in [9.17, 15) is 22.0 Å². The summed E-state index contributed by atoms with van der Waals surface area (Å²) in [6.45, 7) is 7.12. The fraction of sp³-hybridized carbons (Fsp3) is 0.312. The number of para-hydroxylation sites is 1. The van der Waals surface area contributed by atoms with Crippen molar-refractivity contribution in [1.29, 1.82) is 0 Å². The van der Waals surface area contributed by atoms with Crippen molar-refractivity contribution in [2.24, 2.45) is 10.2 Å². The molecule has 45 heavy (non-hydrogen) atoms. The van der Waals surface area contributed by atoms with Gasteiger partial charge in [0.05, 0.1) is 11.9 Å². The lowest BCUT2D eigenvalue weighted by molar-refractivity contribution is -0.360. The van der Waals surface area contributed by atoms with E-state index in [0.29, 0.717) is 29.7 Å². The third kappa shape index (κ3) is 7.35. The van der Waals surface area contributed by atoms with Gasteiger partial charge in [0.25, 0.3) is 0 Å². The molecule has 1 aromatic heterocycles. The van der Waals surface area contributed by atoms with E-state index in [1.54, 1.807) is 18.0 Å². The minimum atomic E-state index is -5.83. The van der Waals surface area contributed by atoms with Gasteiger partial charge in [-0.05, 0) is 53.8 Å². The predicted octanol–water partition coefficient (Wildman–Crippen LogP) is 8.49. The second-order valence-electron chi connectivity index (χ2n) is 10.5. The molecule has 2 heterocycles. The molecule has 0 saturated carbocycles. The molecule has 1 fully saturated rings. The van der Waals surface area contributed by atoms with Gasteiger partial charge in [-0.25, -0.2) is 9.67 Å². The van der Waals surface area contributed by atoms with Crippen molar-refractivity contribution in [2.45, 2.75) is 51.8 Å². The number of aryl methyl sites for hydroxylation is 1. The van der Waals surface area contributed by atoms with E-state index in [4.69, 9.17) is 0 Å². The van der Waals surface area contributed by atoms with Gasteiger partial charge >= 0.3 is 12.3 Å². The number of ether oxygens (including phenoxy) is 1. The van der Waals surface area contributed by atoms with E-state index in [-0.39, 0.29) is 0 Å². The summed E-state index contributed by atoms with van der Waals surface area (Å²) >= 11 is 1.69. The Bertz CT molecular complexity index is 1670. The highest BCUT2D eigenvalue weighted by atomic mass is 32.2. The molecule has 236 valence electrons. The lowest BCUT2D eigenvalue weighted by Crippen LogP contribution is -2.41. The molecule has 0 bridgehead atoms. The van der Waals surface area contributed by atoms with Gasteiger partial charge < -0.3 is 9.64 Å². The fourth-order valence-electron chi connectivity index (χ4n) is 4.71. The summed E-state index contributed by atoms with van der Waals surface area (Å²) in [5.41, 5.74) is 4.42. The molecule has 13 heteroatoms. The molecular weight excluding hydrogens is 611 g/mol. The van der Waals surface area contributed by atoms with Crippen LogP contribution in [-0.2, 0) is 6.42 Å². The molecule has 0 atom stereocenters. The summed E-state index contributed by atoms with van der Waals surface area (Å²) in [6, 6.07) is 20.6. The van der Waals surface area contributed by atoms with Gasteiger partial charge in [0.15, 0.2) is 11.0 Å². The van der Waals surface area contributed by atoms with Crippen LogP contribution in [0.1, 0.15) is 50.1 Å². The maximum atomic E-state index is 13.3. The molecule has 0 spiro atoms. The smallest absolute Gasteiger partial charge is 0.426 e. The number of amidine groups is 1. The lowest BCUT2D eigenvalue weighted by Gasteiger charge is -2.31. The fourth-order valence-corrected chi connectivity index (χ4v) is 5.62. The summed E-state index contributed by atoms with van der Waals surface area (Å²) in [5, 5.41) is 14.3. The Morgan fingerprint density at radius 3 is 2.36 bits per heavy atom. The molecule has 7 nitrogen and oxygen atoms in total. The molecule has 3 aromatic carbocycles. The average molecular weight is 643 g/mol. The van der Waals surface area contributed by atoms with Crippen LogP contribution >= 0.6 is 11.8 Å². The number of thioether (sulfide) groups is 1.